The Morgan fingerprint density at radius 1 is 1.06 bits per heavy atom. The normalized spacial score (nSPS) is 14.2. The standard InChI is InChI=1S/C19H20ClFN4O5S/c20-16-11-15(5-6-17(16)21)31(28,29)22-12-13-1-3-14(4-2-13)18(26)23-24-19(27)25-7-9-30-10-8-25/h1-6,11,22H,7-10,12H2,(H,23,26)(H,24,27). The Labute approximate surface area is 183 Å². The molecule has 166 valence electrons. The molecule has 2 aromatic rings. The number of hydrogen-bond acceptors (Lipinski definition) is 5. The summed E-state index contributed by atoms with van der Waals surface area (Å²) in [6, 6.07) is 8.81. The van der Waals surface area contributed by atoms with Gasteiger partial charge in [0, 0.05) is 25.2 Å². The van der Waals surface area contributed by atoms with E-state index in [1.165, 1.54) is 17.0 Å². The van der Waals surface area contributed by atoms with Gasteiger partial charge in [-0.25, -0.2) is 27.8 Å². The molecule has 0 atom stereocenters. The number of hydrogen-bond donors (Lipinski definition) is 3. The summed E-state index contributed by atoms with van der Waals surface area (Å²) in [4.78, 5) is 25.5. The molecule has 9 nitrogen and oxygen atoms in total. The zero-order chi connectivity index (χ0) is 22.4. The molecule has 0 radical (unpaired) electrons. The minimum Gasteiger partial charge on any atom is -0.378 e. The molecule has 0 saturated carbocycles. The van der Waals surface area contributed by atoms with Gasteiger partial charge in [0.1, 0.15) is 5.82 Å². The molecule has 2 aromatic carbocycles. The third kappa shape index (κ3) is 6.14. The number of morpholine rings is 1. The van der Waals surface area contributed by atoms with E-state index in [1.807, 2.05) is 0 Å². The molecule has 0 bridgehead atoms. The molecule has 1 heterocycles. The summed E-state index contributed by atoms with van der Waals surface area (Å²) in [5.41, 5.74) is 5.53. The van der Waals surface area contributed by atoms with Crippen LogP contribution >= 0.6 is 11.6 Å². The van der Waals surface area contributed by atoms with E-state index < -0.39 is 27.8 Å². The summed E-state index contributed by atoms with van der Waals surface area (Å²) in [7, 11) is -3.89. The molecule has 1 saturated heterocycles. The van der Waals surface area contributed by atoms with Crippen molar-refractivity contribution >= 4 is 33.6 Å². The number of benzene rings is 2. The van der Waals surface area contributed by atoms with Crippen LogP contribution in [-0.4, -0.2) is 51.6 Å². The van der Waals surface area contributed by atoms with Crippen molar-refractivity contribution in [3.8, 4) is 0 Å². The largest absolute Gasteiger partial charge is 0.378 e. The Balaban J connectivity index is 1.52. The van der Waals surface area contributed by atoms with E-state index >= 15 is 0 Å². The molecular weight excluding hydrogens is 451 g/mol. The fraction of sp³-hybridized carbons (Fsp3) is 0.263. The third-order valence-electron chi connectivity index (χ3n) is 4.47. The predicted octanol–water partition coefficient (Wildman–Crippen LogP) is 1.64. The molecule has 1 aliphatic rings. The lowest BCUT2D eigenvalue weighted by molar-refractivity contribution is 0.0519. The molecule has 0 unspecified atom stereocenters. The Hall–Kier alpha value is -2.73. The van der Waals surface area contributed by atoms with E-state index in [1.54, 1.807) is 12.1 Å². The van der Waals surface area contributed by atoms with Crippen molar-refractivity contribution in [3.63, 3.8) is 0 Å². The number of halogens is 2. The molecule has 31 heavy (non-hydrogen) atoms. The molecule has 0 spiro atoms. The van der Waals surface area contributed by atoms with Crippen molar-refractivity contribution in [1.82, 2.24) is 20.5 Å². The van der Waals surface area contributed by atoms with Gasteiger partial charge in [-0.3, -0.25) is 10.2 Å². The second-order valence-electron chi connectivity index (χ2n) is 6.58. The van der Waals surface area contributed by atoms with Gasteiger partial charge in [-0.05, 0) is 35.9 Å². The summed E-state index contributed by atoms with van der Waals surface area (Å²) in [5.74, 6) is -1.23. The molecule has 12 heteroatoms. The average molecular weight is 471 g/mol. The van der Waals surface area contributed by atoms with E-state index in [2.05, 4.69) is 15.6 Å². The summed E-state index contributed by atoms with van der Waals surface area (Å²) in [5, 5.41) is -0.293. The van der Waals surface area contributed by atoms with E-state index in [0.29, 0.717) is 31.9 Å². The Morgan fingerprint density at radius 2 is 1.74 bits per heavy atom. The number of carbonyl (C=O) groups excluding carboxylic acids is 2. The zero-order valence-corrected chi connectivity index (χ0v) is 17.8. The average Bonchev–Trinajstić information content (AvgIpc) is 2.78. The van der Waals surface area contributed by atoms with E-state index in [4.69, 9.17) is 16.3 Å². The summed E-state index contributed by atoms with van der Waals surface area (Å²) in [6.07, 6.45) is 0. The lowest BCUT2D eigenvalue weighted by atomic mass is 10.1. The van der Waals surface area contributed by atoms with Gasteiger partial charge in [-0.15, -0.1) is 0 Å². The van der Waals surface area contributed by atoms with Crippen molar-refractivity contribution in [2.45, 2.75) is 11.4 Å². The number of hydrazine groups is 1. The summed E-state index contributed by atoms with van der Waals surface area (Å²) < 4.78 is 45.4. The van der Waals surface area contributed by atoms with Crippen LogP contribution in [0.15, 0.2) is 47.4 Å². The summed E-state index contributed by atoms with van der Waals surface area (Å²) in [6.45, 7) is 1.72. The SMILES string of the molecule is O=C(NNC(=O)N1CCOCC1)c1ccc(CNS(=O)(=O)c2ccc(F)c(Cl)c2)cc1. The molecular formula is C19H20ClFN4O5S. The number of urea groups is 1. The van der Waals surface area contributed by atoms with Crippen molar-refractivity contribution in [2.24, 2.45) is 0 Å². The first-order chi connectivity index (χ1) is 14.8. The van der Waals surface area contributed by atoms with Gasteiger partial charge in [0.2, 0.25) is 10.0 Å². The minimum absolute atomic E-state index is 0.0486. The van der Waals surface area contributed by atoms with Crippen LogP contribution in [0.5, 0.6) is 0 Å². The fourth-order valence-corrected chi connectivity index (χ4v) is 4.00. The van der Waals surface area contributed by atoms with Crippen molar-refractivity contribution in [3.05, 3.63) is 64.4 Å². The predicted molar refractivity (Wildman–Crippen MR) is 110 cm³/mol. The van der Waals surface area contributed by atoms with Gasteiger partial charge in [0.05, 0.1) is 23.1 Å². The Bertz CT molecular complexity index is 1060. The van der Waals surface area contributed by atoms with Crippen LogP contribution in [0.2, 0.25) is 5.02 Å². The smallest absolute Gasteiger partial charge is 0.336 e. The van der Waals surface area contributed by atoms with E-state index in [9.17, 15) is 22.4 Å². The molecule has 3 N–H and O–H groups in total. The number of nitrogens with zero attached hydrogens (tertiary/aromatic N) is 1. The molecule has 0 aromatic heterocycles. The number of amides is 3. The number of ether oxygens (including phenoxy) is 1. The van der Waals surface area contributed by atoms with E-state index in [-0.39, 0.29) is 22.0 Å². The van der Waals surface area contributed by atoms with Crippen LogP contribution < -0.4 is 15.6 Å². The monoisotopic (exact) mass is 470 g/mol. The van der Waals surface area contributed by atoms with Gasteiger partial charge in [0.15, 0.2) is 0 Å². The maximum Gasteiger partial charge on any atom is 0.336 e. The highest BCUT2D eigenvalue weighted by molar-refractivity contribution is 7.89. The highest BCUT2D eigenvalue weighted by Gasteiger charge is 2.18. The molecule has 1 aliphatic heterocycles. The van der Waals surface area contributed by atoms with Gasteiger partial charge in [0.25, 0.3) is 5.91 Å². The second kappa shape index (κ2) is 10.1. The maximum atomic E-state index is 13.2. The first kappa shape index (κ1) is 22.9. The van der Waals surface area contributed by atoms with Crippen molar-refractivity contribution < 1.29 is 27.1 Å². The topological polar surface area (TPSA) is 117 Å². The summed E-state index contributed by atoms with van der Waals surface area (Å²) >= 11 is 5.63. The highest BCUT2D eigenvalue weighted by Crippen LogP contribution is 2.19. The maximum absolute atomic E-state index is 13.2. The molecule has 1 fully saturated rings. The fourth-order valence-electron chi connectivity index (χ4n) is 2.71. The van der Waals surface area contributed by atoms with Crippen LogP contribution in [0.25, 0.3) is 0 Å². The van der Waals surface area contributed by atoms with Crippen LogP contribution in [-0.2, 0) is 21.3 Å². The Kier molecular flexibility index (Phi) is 7.44. The highest BCUT2D eigenvalue weighted by atomic mass is 35.5. The van der Waals surface area contributed by atoms with Gasteiger partial charge >= 0.3 is 6.03 Å². The lowest BCUT2D eigenvalue weighted by Gasteiger charge is -2.26. The number of rotatable bonds is 5. The molecule has 3 rings (SSSR count). The first-order valence-electron chi connectivity index (χ1n) is 9.23. The number of nitrogens with one attached hydrogen (secondary N) is 3. The van der Waals surface area contributed by atoms with Gasteiger partial charge in [-0.2, -0.15) is 0 Å². The molecule has 3 amide bonds. The zero-order valence-electron chi connectivity index (χ0n) is 16.2. The van der Waals surface area contributed by atoms with Gasteiger partial charge in [-0.1, -0.05) is 23.7 Å². The van der Waals surface area contributed by atoms with Crippen molar-refractivity contribution in [1.29, 1.82) is 0 Å². The Morgan fingerprint density at radius 3 is 2.39 bits per heavy atom. The quantitative estimate of drug-likeness (QED) is 0.574. The van der Waals surface area contributed by atoms with Crippen LogP contribution in [0.1, 0.15) is 15.9 Å². The van der Waals surface area contributed by atoms with Crippen LogP contribution in [0, 0.1) is 5.82 Å². The van der Waals surface area contributed by atoms with Crippen LogP contribution in [0.3, 0.4) is 0 Å². The molecule has 0 aliphatic carbocycles. The van der Waals surface area contributed by atoms with Crippen molar-refractivity contribution in [2.75, 3.05) is 26.3 Å². The number of carbonyl (C=O) groups is 2. The lowest BCUT2D eigenvalue weighted by Crippen LogP contribution is -2.51. The second-order valence-corrected chi connectivity index (χ2v) is 8.76. The van der Waals surface area contributed by atoms with Crippen LogP contribution in [0.4, 0.5) is 9.18 Å². The minimum atomic E-state index is -3.89. The first-order valence-corrected chi connectivity index (χ1v) is 11.1. The van der Waals surface area contributed by atoms with Gasteiger partial charge < -0.3 is 9.64 Å². The van der Waals surface area contributed by atoms with E-state index in [0.717, 1.165) is 18.2 Å². The third-order valence-corrected chi connectivity index (χ3v) is 6.15. The number of sulfonamides is 1.